The third-order valence-corrected chi connectivity index (χ3v) is 5.58. The molecule has 1 aromatic heterocycles. The first kappa shape index (κ1) is 24.8. The molecular formula is C27H25ClN4O4. The number of pyridine rings is 1. The minimum absolute atomic E-state index is 0.293. The van der Waals surface area contributed by atoms with E-state index in [1.54, 1.807) is 49.6 Å². The van der Waals surface area contributed by atoms with Gasteiger partial charge in [0, 0.05) is 37.3 Å². The van der Waals surface area contributed by atoms with Crippen molar-refractivity contribution in [2.24, 2.45) is 0 Å². The maximum Gasteiger partial charge on any atom is 0.319 e. The molecule has 0 bridgehead atoms. The molecular weight excluding hydrogens is 480 g/mol. The van der Waals surface area contributed by atoms with Crippen LogP contribution >= 0.6 is 11.6 Å². The molecule has 0 radical (unpaired) electrons. The van der Waals surface area contributed by atoms with Crippen LogP contribution in [0, 0.1) is 0 Å². The van der Waals surface area contributed by atoms with E-state index < -0.39 is 0 Å². The summed E-state index contributed by atoms with van der Waals surface area (Å²) in [5.74, 6) is 1.07. The Balaban J connectivity index is 1.63. The lowest BCUT2D eigenvalue weighted by atomic mass is 10.1. The predicted octanol–water partition coefficient (Wildman–Crippen LogP) is 5.76. The number of benzene rings is 3. The van der Waals surface area contributed by atoms with Gasteiger partial charge in [0.15, 0.2) is 0 Å². The number of halogens is 1. The van der Waals surface area contributed by atoms with Gasteiger partial charge >= 0.3 is 6.03 Å². The van der Waals surface area contributed by atoms with Gasteiger partial charge in [0.2, 0.25) is 0 Å². The second-order valence-corrected chi connectivity index (χ2v) is 8.16. The van der Waals surface area contributed by atoms with E-state index in [0.29, 0.717) is 57.6 Å². The molecule has 3 aromatic carbocycles. The number of rotatable bonds is 8. The molecule has 0 spiro atoms. The molecule has 0 aliphatic heterocycles. The van der Waals surface area contributed by atoms with Crippen LogP contribution in [0.5, 0.6) is 17.2 Å². The van der Waals surface area contributed by atoms with Gasteiger partial charge in [-0.1, -0.05) is 41.9 Å². The molecule has 8 nitrogen and oxygen atoms in total. The van der Waals surface area contributed by atoms with E-state index in [-0.39, 0.29) is 11.9 Å². The van der Waals surface area contributed by atoms with Crippen molar-refractivity contribution in [2.45, 2.75) is 13.5 Å². The third-order valence-electron chi connectivity index (χ3n) is 5.27. The number of carbonyl (C=O) groups excluding carboxylic acids is 2. The highest BCUT2D eigenvalue weighted by Crippen LogP contribution is 2.35. The largest absolute Gasteiger partial charge is 0.488 e. The van der Waals surface area contributed by atoms with Crippen LogP contribution in [0.15, 0.2) is 72.9 Å². The summed E-state index contributed by atoms with van der Waals surface area (Å²) in [6, 6.07) is 19.4. The number of amides is 3. The summed E-state index contributed by atoms with van der Waals surface area (Å²) in [6.07, 6.45) is 1.62. The number of hydrogen-bond acceptors (Lipinski definition) is 5. The Labute approximate surface area is 213 Å². The van der Waals surface area contributed by atoms with Crippen molar-refractivity contribution in [3.8, 4) is 17.2 Å². The van der Waals surface area contributed by atoms with Crippen LogP contribution < -0.4 is 25.4 Å². The molecule has 0 unspecified atom stereocenters. The van der Waals surface area contributed by atoms with E-state index in [0.717, 1.165) is 5.56 Å². The molecule has 0 aliphatic rings. The first-order valence-electron chi connectivity index (χ1n) is 11.3. The first-order valence-corrected chi connectivity index (χ1v) is 11.7. The predicted molar refractivity (Wildman–Crippen MR) is 140 cm³/mol. The van der Waals surface area contributed by atoms with Crippen LogP contribution in [0.2, 0.25) is 5.02 Å². The molecule has 36 heavy (non-hydrogen) atoms. The zero-order valence-corrected chi connectivity index (χ0v) is 20.6. The number of ether oxygens (including phenoxy) is 2. The quantitative estimate of drug-likeness (QED) is 0.283. The molecule has 4 rings (SSSR count). The van der Waals surface area contributed by atoms with E-state index in [4.69, 9.17) is 21.1 Å². The molecule has 4 aromatic rings. The van der Waals surface area contributed by atoms with Crippen LogP contribution in [0.3, 0.4) is 0 Å². The van der Waals surface area contributed by atoms with Crippen molar-refractivity contribution in [1.82, 2.24) is 15.6 Å². The summed E-state index contributed by atoms with van der Waals surface area (Å²) in [4.78, 5) is 28.9. The highest BCUT2D eigenvalue weighted by molar-refractivity contribution is 6.33. The molecule has 3 N–H and O–H groups in total. The standard InChI is InChI=1S/C27H25ClN4O4/c1-3-30-27(34)32-22-10-9-18(13-21(22)28)36-24-11-12-31-23-15-25(20(14-19(23)24)26(33)29-2)35-16-17-7-5-4-6-8-17/h4-15H,3,16H2,1-2H3,(H,29,33)(H2,30,32,34). The molecule has 0 saturated carbocycles. The molecule has 0 fully saturated rings. The lowest BCUT2D eigenvalue weighted by Gasteiger charge is -2.15. The topological polar surface area (TPSA) is 102 Å². The number of aromatic nitrogens is 1. The van der Waals surface area contributed by atoms with Crippen molar-refractivity contribution in [2.75, 3.05) is 18.9 Å². The summed E-state index contributed by atoms with van der Waals surface area (Å²) in [6.45, 7) is 2.63. The maximum atomic E-state index is 12.7. The smallest absolute Gasteiger partial charge is 0.319 e. The van der Waals surface area contributed by atoms with Gasteiger partial charge in [-0.05, 0) is 36.8 Å². The lowest BCUT2D eigenvalue weighted by Crippen LogP contribution is -2.28. The van der Waals surface area contributed by atoms with Gasteiger partial charge in [-0.25, -0.2) is 4.79 Å². The minimum Gasteiger partial charge on any atom is -0.488 e. The van der Waals surface area contributed by atoms with Gasteiger partial charge in [-0.2, -0.15) is 0 Å². The van der Waals surface area contributed by atoms with Crippen LogP contribution in [0.25, 0.3) is 10.9 Å². The fourth-order valence-electron chi connectivity index (χ4n) is 3.52. The highest BCUT2D eigenvalue weighted by Gasteiger charge is 2.17. The number of urea groups is 1. The van der Waals surface area contributed by atoms with Crippen LogP contribution in [0.1, 0.15) is 22.8 Å². The maximum absolute atomic E-state index is 12.7. The van der Waals surface area contributed by atoms with Gasteiger partial charge in [0.1, 0.15) is 23.9 Å². The molecule has 0 atom stereocenters. The van der Waals surface area contributed by atoms with Crippen molar-refractivity contribution in [3.63, 3.8) is 0 Å². The Morgan fingerprint density at radius 3 is 2.53 bits per heavy atom. The van der Waals surface area contributed by atoms with Crippen molar-refractivity contribution in [3.05, 3.63) is 89.1 Å². The Morgan fingerprint density at radius 2 is 1.81 bits per heavy atom. The van der Waals surface area contributed by atoms with E-state index in [9.17, 15) is 9.59 Å². The van der Waals surface area contributed by atoms with Crippen molar-refractivity contribution in [1.29, 1.82) is 0 Å². The number of anilines is 1. The lowest BCUT2D eigenvalue weighted by molar-refractivity contribution is 0.0958. The molecule has 9 heteroatoms. The number of nitrogens with zero attached hydrogens (tertiary/aromatic N) is 1. The van der Waals surface area contributed by atoms with Gasteiger partial charge in [0.05, 0.1) is 21.8 Å². The number of carbonyl (C=O) groups is 2. The van der Waals surface area contributed by atoms with E-state index in [2.05, 4.69) is 20.9 Å². The second kappa shape index (κ2) is 11.4. The SMILES string of the molecule is CCNC(=O)Nc1ccc(Oc2ccnc3cc(OCc4ccccc4)c(C(=O)NC)cc23)cc1Cl. The van der Waals surface area contributed by atoms with Crippen LogP contribution in [-0.2, 0) is 6.61 Å². The molecule has 0 aliphatic carbocycles. The Bertz CT molecular complexity index is 1400. The van der Waals surface area contributed by atoms with E-state index in [1.807, 2.05) is 37.3 Å². The first-order chi connectivity index (χ1) is 17.5. The highest BCUT2D eigenvalue weighted by atomic mass is 35.5. The Kier molecular flexibility index (Phi) is 7.87. The number of hydrogen-bond donors (Lipinski definition) is 3. The second-order valence-electron chi connectivity index (χ2n) is 7.76. The molecule has 0 saturated heterocycles. The van der Waals surface area contributed by atoms with Crippen LogP contribution in [-0.4, -0.2) is 30.5 Å². The molecule has 184 valence electrons. The number of fused-ring (bicyclic) bond motifs is 1. The zero-order valence-electron chi connectivity index (χ0n) is 19.8. The average Bonchev–Trinajstić information content (AvgIpc) is 2.89. The summed E-state index contributed by atoms with van der Waals surface area (Å²) in [7, 11) is 1.56. The van der Waals surface area contributed by atoms with E-state index >= 15 is 0 Å². The summed E-state index contributed by atoms with van der Waals surface area (Å²) < 4.78 is 12.1. The van der Waals surface area contributed by atoms with Crippen molar-refractivity contribution < 1.29 is 19.1 Å². The Hall–Kier alpha value is -4.30. The zero-order chi connectivity index (χ0) is 25.5. The molecule has 3 amide bonds. The summed E-state index contributed by atoms with van der Waals surface area (Å²) in [5.41, 5.74) is 2.39. The Morgan fingerprint density at radius 1 is 1.00 bits per heavy atom. The van der Waals surface area contributed by atoms with Gasteiger partial charge < -0.3 is 25.4 Å². The summed E-state index contributed by atoms with van der Waals surface area (Å²) >= 11 is 6.35. The molecule has 1 heterocycles. The fraction of sp³-hybridized carbons (Fsp3) is 0.148. The van der Waals surface area contributed by atoms with Crippen LogP contribution in [0.4, 0.5) is 10.5 Å². The number of nitrogens with one attached hydrogen (secondary N) is 3. The third kappa shape index (κ3) is 5.84. The van der Waals surface area contributed by atoms with E-state index in [1.165, 1.54) is 0 Å². The summed E-state index contributed by atoms with van der Waals surface area (Å²) in [5, 5.41) is 8.93. The monoisotopic (exact) mass is 504 g/mol. The van der Waals surface area contributed by atoms with Gasteiger partial charge in [0.25, 0.3) is 5.91 Å². The van der Waals surface area contributed by atoms with Crippen molar-refractivity contribution >= 4 is 40.1 Å². The average molecular weight is 505 g/mol. The fourth-order valence-corrected chi connectivity index (χ4v) is 3.74. The minimum atomic E-state index is -0.347. The van der Waals surface area contributed by atoms with Gasteiger partial charge in [-0.3, -0.25) is 9.78 Å². The normalized spacial score (nSPS) is 10.5. The van der Waals surface area contributed by atoms with Gasteiger partial charge in [-0.15, -0.1) is 0 Å².